The smallest absolute Gasteiger partial charge is 0.410 e. The molecule has 1 aliphatic carbocycles. The summed E-state index contributed by atoms with van der Waals surface area (Å²) in [4.78, 5) is 35.8. The Bertz CT molecular complexity index is 1940. The number of likely N-dealkylation sites (tertiary alicyclic amines) is 1. The quantitative estimate of drug-likeness (QED) is 0.141. The summed E-state index contributed by atoms with van der Waals surface area (Å²) >= 11 is 6.26. The number of hydrogen-bond acceptors (Lipinski definition) is 10. The van der Waals surface area contributed by atoms with Crippen LogP contribution in [0.15, 0.2) is 41.6 Å². The third-order valence-corrected chi connectivity index (χ3v) is 10.8. The zero-order chi connectivity index (χ0) is 39.0. The number of amides is 2. The SMILES string of the molecule is Cc1ccc(S(=O)(=O)NC(=O)c2ccc(-n3ccc(OCCC4(C(F)(F)F)CC4)n3)nc2Cl)nc1OCCC[C@@H]1CN(C(=O)OC(C)(C)C)C(C)(C)C1. The van der Waals surface area contributed by atoms with Gasteiger partial charge in [0.2, 0.25) is 11.8 Å². The number of halogens is 4. The number of carbonyl (C=O) groups excluding carboxylic acids is 2. The van der Waals surface area contributed by atoms with Crippen molar-refractivity contribution in [2.24, 2.45) is 11.3 Å². The first-order valence-corrected chi connectivity index (χ1v) is 19.1. The molecule has 0 bridgehead atoms. The molecule has 1 N–H and O–H groups in total. The minimum atomic E-state index is -4.46. The van der Waals surface area contributed by atoms with E-state index in [-0.39, 0.29) is 78.3 Å². The molecule has 0 aromatic carbocycles. The fourth-order valence-electron chi connectivity index (χ4n) is 6.19. The molecule has 1 atom stereocenters. The highest BCUT2D eigenvalue weighted by Crippen LogP contribution is 2.59. The van der Waals surface area contributed by atoms with Gasteiger partial charge in [0.1, 0.15) is 10.8 Å². The van der Waals surface area contributed by atoms with Crippen LogP contribution < -0.4 is 14.2 Å². The third kappa shape index (κ3) is 9.71. The summed E-state index contributed by atoms with van der Waals surface area (Å²) in [6.45, 7) is 11.9. The molecule has 3 aromatic heterocycles. The van der Waals surface area contributed by atoms with Crippen LogP contribution in [0.3, 0.4) is 0 Å². The fourth-order valence-corrected chi connectivity index (χ4v) is 7.33. The Labute approximate surface area is 311 Å². The molecule has 0 unspecified atom stereocenters. The fraction of sp³-hybridized carbons (Fsp3) is 0.571. The van der Waals surface area contributed by atoms with Crippen molar-refractivity contribution in [3.63, 3.8) is 0 Å². The van der Waals surface area contributed by atoms with E-state index in [2.05, 4.69) is 15.1 Å². The normalized spacial score (nSPS) is 18.1. The van der Waals surface area contributed by atoms with E-state index in [1.165, 1.54) is 41.2 Å². The summed E-state index contributed by atoms with van der Waals surface area (Å²) in [6.07, 6.45) is -0.979. The lowest BCUT2D eigenvalue weighted by atomic mass is 9.93. The average Bonchev–Trinajstić information content (AvgIpc) is 3.58. The van der Waals surface area contributed by atoms with Crippen LogP contribution >= 0.6 is 11.6 Å². The van der Waals surface area contributed by atoms with Gasteiger partial charge in [-0.2, -0.15) is 26.6 Å². The standard InChI is InChI=1S/C35H44ClF3N6O7S/c1-22-9-12-27(41-30(22)51-18-7-8-23-20-33(5,6)44(21-23)31(47)52-32(2,3)4)53(48,49)43-29(46)24-10-11-25(40-28(24)36)45-17-13-26(42-45)50-19-16-34(14-15-34)35(37,38)39/h9-13,17,23H,7-8,14-16,18-21H2,1-6H3,(H,43,46)/t23-/m0/s1. The lowest BCUT2D eigenvalue weighted by Gasteiger charge is -2.33. The van der Waals surface area contributed by atoms with Crippen LogP contribution in [0.2, 0.25) is 5.15 Å². The summed E-state index contributed by atoms with van der Waals surface area (Å²) in [5.74, 6) is -0.495. The number of sulfonamides is 1. The molecule has 13 nitrogen and oxygen atoms in total. The molecule has 0 radical (unpaired) electrons. The number of carbonyl (C=O) groups is 2. The van der Waals surface area contributed by atoms with Crippen LogP contribution in [0.25, 0.3) is 5.82 Å². The zero-order valence-electron chi connectivity index (χ0n) is 30.4. The van der Waals surface area contributed by atoms with Gasteiger partial charge in [0.25, 0.3) is 15.9 Å². The van der Waals surface area contributed by atoms with Crippen LogP contribution in [0.5, 0.6) is 11.8 Å². The van der Waals surface area contributed by atoms with Crippen molar-refractivity contribution in [1.82, 2.24) is 29.4 Å². The van der Waals surface area contributed by atoms with Crippen molar-refractivity contribution in [2.45, 2.75) is 102 Å². The second-order valence-electron chi connectivity index (χ2n) is 15.2. The second-order valence-corrected chi connectivity index (χ2v) is 17.1. The molecule has 2 amide bonds. The average molecular weight is 785 g/mol. The van der Waals surface area contributed by atoms with Crippen molar-refractivity contribution in [1.29, 1.82) is 0 Å². The van der Waals surface area contributed by atoms with Crippen LogP contribution in [0.1, 0.15) is 89.1 Å². The number of nitrogens with one attached hydrogen (secondary N) is 1. The highest BCUT2D eigenvalue weighted by Gasteiger charge is 2.62. The highest BCUT2D eigenvalue weighted by molar-refractivity contribution is 7.90. The van der Waals surface area contributed by atoms with Crippen LogP contribution in [0.4, 0.5) is 18.0 Å². The van der Waals surface area contributed by atoms with Gasteiger partial charge in [-0.05, 0) is 104 Å². The summed E-state index contributed by atoms with van der Waals surface area (Å²) < 4.78 is 85.9. The third-order valence-electron chi connectivity index (χ3n) is 9.26. The van der Waals surface area contributed by atoms with Gasteiger partial charge in [-0.25, -0.2) is 19.2 Å². The monoisotopic (exact) mass is 784 g/mol. The lowest BCUT2D eigenvalue weighted by Crippen LogP contribution is -2.45. The molecule has 0 spiro atoms. The first kappa shape index (κ1) is 40.1. The number of ether oxygens (including phenoxy) is 3. The summed E-state index contributed by atoms with van der Waals surface area (Å²) in [6, 6.07) is 6.83. The Balaban J connectivity index is 1.14. The van der Waals surface area contributed by atoms with Gasteiger partial charge >= 0.3 is 12.3 Å². The predicted octanol–water partition coefficient (Wildman–Crippen LogP) is 7.05. The largest absolute Gasteiger partial charge is 0.477 e. The maximum Gasteiger partial charge on any atom is 0.410 e. The molecule has 1 aliphatic heterocycles. The van der Waals surface area contributed by atoms with E-state index in [1.54, 1.807) is 11.8 Å². The second kappa shape index (κ2) is 15.0. The molecule has 2 fully saturated rings. The molecular weight excluding hydrogens is 741 g/mol. The number of alkyl halides is 3. The van der Waals surface area contributed by atoms with Gasteiger partial charge in [-0.15, -0.1) is 5.10 Å². The van der Waals surface area contributed by atoms with Gasteiger partial charge in [0.05, 0.1) is 24.2 Å². The van der Waals surface area contributed by atoms with Gasteiger partial charge in [-0.1, -0.05) is 17.7 Å². The molecule has 3 aromatic rings. The topological polar surface area (TPSA) is 155 Å². The molecule has 18 heteroatoms. The Morgan fingerprint density at radius 1 is 1.04 bits per heavy atom. The molecule has 290 valence electrons. The van der Waals surface area contributed by atoms with Crippen molar-refractivity contribution in [3.8, 4) is 17.6 Å². The van der Waals surface area contributed by atoms with Crippen molar-refractivity contribution in [3.05, 3.63) is 52.8 Å². The maximum atomic E-state index is 13.2. The van der Waals surface area contributed by atoms with Gasteiger partial charge < -0.3 is 19.1 Å². The lowest BCUT2D eigenvalue weighted by molar-refractivity contribution is -0.190. The van der Waals surface area contributed by atoms with Gasteiger partial charge in [-0.3, -0.25) is 4.79 Å². The van der Waals surface area contributed by atoms with Crippen molar-refractivity contribution < 1.29 is 45.4 Å². The maximum absolute atomic E-state index is 13.2. The number of pyridine rings is 2. The van der Waals surface area contributed by atoms with Crippen LogP contribution in [-0.4, -0.2) is 82.1 Å². The van der Waals surface area contributed by atoms with E-state index in [0.29, 0.717) is 18.5 Å². The van der Waals surface area contributed by atoms with E-state index in [0.717, 1.165) is 12.8 Å². The van der Waals surface area contributed by atoms with E-state index in [1.807, 2.05) is 39.3 Å². The van der Waals surface area contributed by atoms with Crippen LogP contribution in [-0.2, 0) is 14.8 Å². The van der Waals surface area contributed by atoms with E-state index in [9.17, 15) is 31.2 Å². The summed E-state index contributed by atoms with van der Waals surface area (Å²) in [7, 11) is -4.46. The number of rotatable bonds is 13. The van der Waals surface area contributed by atoms with E-state index in [4.69, 9.17) is 25.8 Å². The number of aromatic nitrogens is 4. The number of aryl methyl sites for hydroxylation is 1. The van der Waals surface area contributed by atoms with Crippen molar-refractivity contribution in [2.75, 3.05) is 19.8 Å². The van der Waals surface area contributed by atoms with E-state index < -0.39 is 38.1 Å². The number of nitrogens with zero attached hydrogens (tertiary/aromatic N) is 5. The Morgan fingerprint density at radius 3 is 2.40 bits per heavy atom. The summed E-state index contributed by atoms with van der Waals surface area (Å²) in [5, 5.41) is 3.38. The minimum absolute atomic E-state index is 0.0762. The molecule has 2 aliphatic rings. The Morgan fingerprint density at radius 2 is 1.75 bits per heavy atom. The highest BCUT2D eigenvalue weighted by atomic mass is 35.5. The van der Waals surface area contributed by atoms with Crippen molar-refractivity contribution >= 4 is 33.6 Å². The Kier molecular flexibility index (Phi) is 11.3. The number of hydrogen-bond donors (Lipinski definition) is 1. The Hall–Kier alpha value is -4.12. The van der Waals surface area contributed by atoms with Crippen LogP contribution in [0, 0.1) is 18.3 Å². The first-order valence-electron chi connectivity index (χ1n) is 17.2. The molecule has 1 saturated heterocycles. The van der Waals surface area contributed by atoms with Gasteiger partial charge in [0, 0.05) is 29.9 Å². The molecule has 53 heavy (non-hydrogen) atoms. The molecule has 4 heterocycles. The zero-order valence-corrected chi connectivity index (χ0v) is 32.0. The molecular formula is C35H44ClF3N6O7S. The predicted molar refractivity (Wildman–Crippen MR) is 188 cm³/mol. The minimum Gasteiger partial charge on any atom is -0.477 e. The summed E-state index contributed by atoms with van der Waals surface area (Å²) in [5.41, 5.74) is -2.29. The van der Waals surface area contributed by atoms with Gasteiger partial charge in [0.15, 0.2) is 10.8 Å². The van der Waals surface area contributed by atoms with E-state index >= 15 is 0 Å². The first-order chi connectivity index (χ1) is 24.6. The molecule has 1 saturated carbocycles. The molecule has 5 rings (SSSR count).